The van der Waals surface area contributed by atoms with Crippen LogP contribution in [0.1, 0.15) is 18.4 Å². The number of rotatable bonds is 7. The summed E-state index contributed by atoms with van der Waals surface area (Å²) in [5.41, 5.74) is 2.40. The molecule has 0 saturated carbocycles. The number of nitrogens with one attached hydrogen (secondary N) is 3. The average Bonchev–Trinajstić information content (AvgIpc) is 2.82. The van der Waals surface area contributed by atoms with E-state index >= 15 is 0 Å². The molecule has 2 aromatic carbocycles. The molecule has 0 bridgehead atoms. The summed E-state index contributed by atoms with van der Waals surface area (Å²) in [6, 6.07) is 23.5. The summed E-state index contributed by atoms with van der Waals surface area (Å²) >= 11 is 0. The molecule has 162 valence electrons. The van der Waals surface area contributed by atoms with Crippen molar-refractivity contribution in [1.82, 2.24) is 20.5 Å². The lowest BCUT2D eigenvalue weighted by atomic mass is 10.0. The highest BCUT2D eigenvalue weighted by Gasteiger charge is 2.19. The number of hydrogen-bond donors (Lipinski definition) is 3. The number of anilines is 1. The van der Waals surface area contributed by atoms with Crippen molar-refractivity contribution in [2.45, 2.75) is 25.4 Å². The van der Waals surface area contributed by atoms with E-state index in [9.17, 15) is 0 Å². The molecule has 0 amide bonds. The van der Waals surface area contributed by atoms with Crippen LogP contribution in [0.5, 0.6) is 0 Å². The van der Waals surface area contributed by atoms with Gasteiger partial charge in [-0.05, 0) is 36.6 Å². The van der Waals surface area contributed by atoms with Gasteiger partial charge >= 0.3 is 0 Å². The summed E-state index contributed by atoms with van der Waals surface area (Å²) in [5, 5.41) is 11.5. The van der Waals surface area contributed by atoms with E-state index in [1.165, 1.54) is 5.56 Å². The van der Waals surface area contributed by atoms with E-state index in [1.807, 2.05) is 31.3 Å². The molecule has 0 unspecified atom stereocenters. The third kappa shape index (κ3) is 6.18. The fourth-order valence-electron chi connectivity index (χ4n) is 4.00. The molecule has 6 nitrogen and oxygen atoms in total. The zero-order chi connectivity index (χ0) is 21.3. The number of likely N-dealkylation sites (tertiary alicyclic amines) is 1. The first-order chi connectivity index (χ1) is 15.3. The molecular formula is C25H32N6. The van der Waals surface area contributed by atoms with Crippen LogP contribution in [0.3, 0.4) is 0 Å². The Labute approximate surface area is 184 Å². The van der Waals surface area contributed by atoms with E-state index in [0.29, 0.717) is 6.04 Å². The molecule has 0 spiro atoms. The van der Waals surface area contributed by atoms with Gasteiger partial charge in [0.15, 0.2) is 5.96 Å². The van der Waals surface area contributed by atoms with Gasteiger partial charge in [-0.1, -0.05) is 48.5 Å². The zero-order valence-electron chi connectivity index (χ0n) is 18.2. The van der Waals surface area contributed by atoms with Crippen molar-refractivity contribution < 1.29 is 0 Å². The average molecular weight is 417 g/mol. The minimum absolute atomic E-state index is 0.466. The largest absolute Gasteiger partial charge is 0.368 e. The van der Waals surface area contributed by atoms with Gasteiger partial charge in [0.1, 0.15) is 5.82 Å². The van der Waals surface area contributed by atoms with Crippen molar-refractivity contribution in [2.24, 2.45) is 4.99 Å². The maximum absolute atomic E-state index is 4.65. The predicted octanol–water partition coefficient (Wildman–Crippen LogP) is 3.48. The summed E-state index contributed by atoms with van der Waals surface area (Å²) in [7, 11) is 1.83. The fourth-order valence-corrected chi connectivity index (χ4v) is 4.00. The number of fused-ring (bicyclic) bond motifs is 1. The van der Waals surface area contributed by atoms with Crippen LogP contribution in [-0.4, -0.2) is 55.1 Å². The van der Waals surface area contributed by atoms with E-state index in [1.54, 1.807) is 0 Å². The van der Waals surface area contributed by atoms with Crippen molar-refractivity contribution >= 4 is 22.7 Å². The van der Waals surface area contributed by atoms with Gasteiger partial charge in [-0.3, -0.25) is 9.89 Å². The summed E-state index contributed by atoms with van der Waals surface area (Å²) in [6.07, 6.45) is 2.26. The van der Waals surface area contributed by atoms with Crippen molar-refractivity contribution in [3.63, 3.8) is 0 Å². The molecule has 2 heterocycles. The second-order valence-electron chi connectivity index (χ2n) is 8.00. The number of aliphatic imine (C=N–C) groups is 1. The Morgan fingerprint density at radius 2 is 1.74 bits per heavy atom. The number of piperidine rings is 1. The summed E-state index contributed by atoms with van der Waals surface area (Å²) in [6.45, 7) is 4.81. The number of pyridine rings is 1. The van der Waals surface area contributed by atoms with Gasteiger partial charge < -0.3 is 16.0 Å². The minimum atomic E-state index is 0.466. The molecular weight excluding hydrogens is 384 g/mol. The lowest BCUT2D eigenvalue weighted by Gasteiger charge is -2.33. The highest BCUT2D eigenvalue weighted by Crippen LogP contribution is 2.15. The third-order valence-electron chi connectivity index (χ3n) is 5.72. The fraction of sp³-hybridized carbons (Fsp3) is 0.360. The summed E-state index contributed by atoms with van der Waals surface area (Å²) in [4.78, 5) is 11.6. The lowest BCUT2D eigenvalue weighted by Crippen LogP contribution is -2.49. The number of para-hydroxylation sites is 1. The third-order valence-corrected chi connectivity index (χ3v) is 5.72. The molecule has 3 N–H and O–H groups in total. The molecule has 1 aromatic heterocycles. The highest BCUT2D eigenvalue weighted by atomic mass is 15.2. The van der Waals surface area contributed by atoms with Crippen molar-refractivity contribution in [3.8, 4) is 0 Å². The molecule has 3 aromatic rings. The molecule has 1 aliphatic heterocycles. The van der Waals surface area contributed by atoms with E-state index in [2.05, 4.69) is 73.3 Å². The number of nitrogens with zero attached hydrogens (tertiary/aromatic N) is 3. The Morgan fingerprint density at radius 1 is 0.968 bits per heavy atom. The van der Waals surface area contributed by atoms with Crippen molar-refractivity contribution in [1.29, 1.82) is 0 Å². The SMILES string of the molecule is CN=C(NCCNc1ccc2ccccc2n1)NC1CCN(Cc2ccccc2)CC1. The van der Waals surface area contributed by atoms with Crippen LogP contribution >= 0.6 is 0 Å². The van der Waals surface area contributed by atoms with E-state index in [-0.39, 0.29) is 0 Å². The topological polar surface area (TPSA) is 64.6 Å². The molecule has 0 aliphatic carbocycles. The van der Waals surface area contributed by atoms with Crippen LogP contribution in [0, 0.1) is 0 Å². The number of hydrogen-bond acceptors (Lipinski definition) is 4. The first-order valence-corrected chi connectivity index (χ1v) is 11.1. The Bertz CT molecular complexity index is 979. The maximum atomic E-state index is 4.65. The lowest BCUT2D eigenvalue weighted by molar-refractivity contribution is 0.198. The van der Waals surface area contributed by atoms with Gasteiger partial charge in [0.05, 0.1) is 5.52 Å². The summed E-state index contributed by atoms with van der Waals surface area (Å²) in [5.74, 6) is 1.77. The van der Waals surface area contributed by atoms with Crippen molar-refractivity contribution in [2.75, 3.05) is 38.5 Å². The Hall–Kier alpha value is -3.12. The standard InChI is InChI=1S/C25H32N6/c1-26-25(28-16-15-27-24-12-11-21-9-5-6-10-23(21)30-24)29-22-13-17-31(18-14-22)19-20-7-3-2-4-8-20/h2-12,22H,13-19H2,1H3,(H,27,30)(H2,26,28,29). The highest BCUT2D eigenvalue weighted by molar-refractivity contribution is 5.80. The van der Waals surface area contributed by atoms with E-state index < -0.39 is 0 Å². The van der Waals surface area contributed by atoms with Crippen LogP contribution in [0.15, 0.2) is 71.7 Å². The van der Waals surface area contributed by atoms with Gasteiger partial charge in [-0.2, -0.15) is 0 Å². The predicted molar refractivity (Wildman–Crippen MR) is 129 cm³/mol. The zero-order valence-corrected chi connectivity index (χ0v) is 18.2. The van der Waals surface area contributed by atoms with Gasteiger partial charge in [-0.25, -0.2) is 4.98 Å². The number of guanidine groups is 1. The Kier molecular flexibility index (Phi) is 7.34. The molecule has 4 rings (SSSR count). The van der Waals surface area contributed by atoms with Crippen molar-refractivity contribution in [3.05, 3.63) is 72.3 Å². The van der Waals surface area contributed by atoms with E-state index in [4.69, 9.17) is 0 Å². The van der Waals surface area contributed by atoms with Gasteiger partial charge in [-0.15, -0.1) is 0 Å². The molecule has 1 saturated heterocycles. The molecule has 6 heteroatoms. The Morgan fingerprint density at radius 3 is 2.55 bits per heavy atom. The molecule has 1 aliphatic rings. The van der Waals surface area contributed by atoms with Gasteiger partial charge in [0.2, 0.25) is 0 Å². The normalized spacial score (nSPS) is 15.7. The molecule has 0 radical (unpaired) electrons. The smallest absolute Gasteiger partial charge is 0.191 e. The molecule has 0 atom stereocenters. The quantitative estimate of drug-likeness (QED) is 0.313. The summed E-state index contributed by atoms with van der Waals surface area (Å²) < 4.78 is 0. The van der Waals surface area contributed by atoms with Crippen LogP contribution in [0.4, 0.5) is 5.82 Å². The van der Waals surface area contributed by atoms with Crippen LogP contribution in [0.2, 0.25) is 0 Å². The van der Waals surface area contributed by atoms with Gasteiger partial charge in [0, 0.05) is 51.2 Å². The monoisotopic (exact) mass is 416 g/mol. The molecule has 31 heavy (non-hydrogen) atoms. The second-order valence-corrected chi connectivity index (χ2v) is 8.00. The first kappa shape index (κ1) is 21.1. The van der Waals surface area contributed by atoms with Gasteiger partial charge in [0.25, 0.3) is 0 Å². The Balaban J connectivity index is 1.16. The second kappa shape index (κ2) is 10.8. The first-order valence-electron chi connectivity index (χ1n) is 11.1. The van der Waals surface area contributed by atoms with Crippen LogP contribution in [-0.2, 0) is 6.54 Å². The number of benzene rings is 2. The van der Waals surface area contributed by atoms with E-state index in [0.717, 1.165) is 68.2 Å². The van der Waals surface area contributed by atoms with Crippen LogP contribution < -0.4 is 16.0 Å². The minimum Gasteiger partial charge on any atom is -0.368 e. The molecule has 1 fully saturated rings. The maximum Gasteiger partial charge on any atom is 0.191 e. The van der Waals surface area contributed by atoms with Crippen LogP contribution in [0.25, 0.3) is 10.9 Å². The number of aromatic nitrogens is 1.